The summed E-state index contributed by atoms with van der Waals surface area (Å²) < 4.78 is 9.33. The van der Waals surface area contributed by atoms with Crippen LogP contribution in [0.15, 0.2) is 30.9 Å². The molecule has 2 N–H and O–H groups in total. The van der Waals surface area contributed by atoms with E-state index in [4.69, 9.17) is 14.9 Å². The molecule has 0 aliphatic rings. The van der Waals surface area contributed by atoms with Gasteiger partial charge < -0.3 is 19.7 Å². The van der Waals surface area contributed by atoms with Crippen molar-refractivity contribution in [1.29, 1.82) is 0 Å². The third-order valence-corrected chi connectivity index (χ3v) is 2.44. The molecule has 0 spiro atoms. The minimum absolute atomic E-state index is 0.216. The second-order valence-corrected chi connectivity index (χ2v) is 3.88. The Morgan fingerprint density at radius 2 is 1.64 bits per heavy atom. The van der Waals surface area contributed by atoms with E-state index in [1.807, 2.05) is 0 Å². The van der Waals surface area contributed by atoms with E-state index in [1.54, 1.807) is 0 Å². The van der Waals surface area contributed by atoms with Crippen molar-refractivity contribution in [3.63, 3.8) is 0 Å². The number of benzene rings is 1. The fourth-order valence-corrected chi connectivity index (χ4v) is 1.45. The molecule has 1 aromatic carbocycles. The van der Waals surface area contributed by atoms with Gasteiger partial charge in [-0.3, -0.25) is 0 Å². The lowest BCUT2D eigenvalue weighted by molar-refractivity contribution is -0.138. The number of esters is 2. The molecule has 0 radical (unpaired) electrons. The molecule has 1 rings (SSSR count). The molecular weight excluding hydrogens is 296 g/mol. The number of carbonyl (C=O) groups is 4. The average Bonchev–Trinajstić information content (AvgIpc) is 2.50. The number of rotatable bonds is 7. The van der Waals surface area contributed by atoms with Gasteiger partial charge in [0.05, 0.1) is 16.7 Å². The lowest BCUT2D eigenvalue weighted by Crippen LogP contribution is -2.16. The summed E-state index contributed by atoms with van der Waals surface area (Å²) in [5.74, 6) is -4.44. The van der Waals surface area contributed by atoms with Crippen molar-refractivity contribution in [2.75, 3.05) is 13.2 Å². The van der Waals surface area contributed by atoms with Gasteiger partial charge in [0.25, 0.3) is 0 Å². The fourth-order valence-electron chi connectivity index (χ4n) is 1.45. The second-order valence-electron chi connectivity index (χ2n) is 3.88. The van der Waals surface area contributed by atoms with Gasteiger partial charge >= 0.3 is 23.9 Å². The number of carboxylic acid groups (broad SMARTS) is 2. The maximum absolute atomic E-state index is 11.8. The molecule has 22 heavy (non-hydrogen) atoms. The van der Waals surface area contributed by atoms with E-state index in [2.05, 4.69) is 11.3 Å². The minimum atomic E-state index is -1.46. The van der Waals surface area contributed by atoms with E-state index in [9.17, 15) is 19.2 Å². The Bertz CT molecular complexity index is 632. The largest absolute Gasteiger partial charge is 0.478 e. The van der Waals surface area contributed by atoms with E-state index in [-0.39, 0.29) is 24.3 Å². The van der Waals surface area contributed by atoms with Crippen LogP contribution in [0.2, 0.25) is 0 Å². The SMILES string of the molecule is C=CC(=O)OCCOC(=O)c1ccc(C(=O)O)cc1C(=O)O. The highest BCUT2D eigenvalue weighted by atomic mass is 16.6. The van der Waals surface area contributed by atoms with Crippen molar-refractivity contribution in [2.24, 2.45) is 0 Å². The summed E-state index contributed by atoms with van der Waals surface area (Å²) in [4.78, 5) is 44.4. The topological polar surface area (TPSA) is 127 Å². The zero-order valence-electron chi connectivity index (χ0n) is 11.3. The molecule has 8 heteroatoms. The summed E-state index contributed by atoms with van der Waals surface area (Å²) in [7, 11) is 0. The van der Waals surface area contributed by atoms with Gasteiger partial charge in [0.15, 0.2) is 0 Å². The van der Waals surface area contributed by atoms with Crippen LogP contribution in [-0.2, 0) is 14.3 Å². The molecule has 8 nitrogen and oxygen atoms in total. The second kappa shape index (κ2) is 7.58. The molecule has 1 aromatic rings. The van der Waals surface area contributed by atoms with Gasteiger partial charge in [-0.05, 0) is 18.2 Å². The Hall–Kier alpha value is -3.16. The first-order valence-corrected chi connectivity index (χ1v) is 5.93. The van der Waals surface area contributed by atoms with E-state index >= 15 is 0 Å². The fraction of sp³-hybridized carbons (Fsp3) is 0.143. The van der Waals surface area contributed by atoms with Crippen molar-refractivity contribution in [2.45, 2.75) is 0 Å². The molecular formula is C14H12O8. The number of carbonyl (C=O) groups excluding carboxylic acids is 2. The number of ether oxygens (including phenoxy) is 2. The highest BCUT2D eigenvalue weighted by Gasteiger charge is 2.20. The smallest absolute Gasteiger partial charge is 0.339 e. The Morgan fingerprint density at radius 3 is 2.18 bits per heavy atom. The van der Waals surface area contributed by atoms with Crippen LogP contribution in [0, 0.1) is 0 Å². The molecule has 0 amide bonds. The number of carboxylic acids is 2. The van der Waals surface area contributed by atoms with Crippen LogP contribution in [0.3, 0.4) is 0 Å². The molecule has 0 atom stereocenters. The maximum Gasteiger partial charge on any atom is 0.339 e. The van der Waals surface area contributed by atoms with Crippen LogP contribution in [0.1, 0.15) is 31.1 Å². The first-order chi connectivity index (χ1) is 10.4. The number of hydrogen-bond acceptors (Lipinski definition) is 6. The van der Waals surface area contributed by atoms with Gasteiger partial charge in [0.2, 0.25) is 0 Å². The van der Waals surface area contributed by atoms with Crippen LogP contribution >= 0.6 is 0 Å². The Balaban J connectivity index is 2.80. The molecule has 0 aliphatic heterocycles. The quantitative estimate of drug-likeness (QED) is 0.433. The Morgan fingerprint density at radius 1 is 1.00 bits per heavy atom. The predicted molar refractivity (Wildman–Crippen MR) is 71.8 cm³/mol. The van der Waals surface area contributed by atoms with Gasteiger partial charge in [-0.2, -0.15) is 0 Å². The summed E-state index contributed by atoms with van der Waals surface area (Å²) in [6, 6.07) is 2.99. The van der Waals surface area contributed by atoms with E-state index in [0.29, 0.717) is 0 Å². The van der Waals surface area contributed by atoms with Crippen LogP contribution in [-0.4, -0.2) is 47.3 Å². The van der Waals surface area contributed by atoms with Crippen LogP contribution in [0.5, 0.6) is 0 Å². The molecule has 0 fully saturated rings. The summed E-state index contributed by atoms with van der Waals surface area (Å²) in [6.45, 7) is 2.68. The van der Waals surface area contributed by atoms with Crippen LogP contribution in [0.4, 0.5) is 0 Å². The zero-order valence-corrected chi connectivity index (χ0v) is 11.3. The summed E-state index contributed by atoms with van der Waals surface area (Å²) in [5, 5.41) is 17.8. The first kappa shape index (κ1) is 16.9. The normalized spacial score (nSPS) is 9.64. The summed E-state index contributed by atoms with van der Waals surface area (Å²) >= 11 is 0. The van der Waals surface area contributed by atoms with Crippen molar-refractivity contribution < 1.29 is 38.9 Å². The lowest BCUT2D eigenvalue weighted by Gasteiger charge is -2.08. The molecule has 0 unspecified atom stereocenters. The van der Waals surface area contributed by atoms with E-state index in [0.717, 1.165) is 24.3 Å². The van der Waals surface area contributed by atoms with Crippen LogP contribution < -0.4 is 0 Å². The Kier molecular flexibility index (Phi) is 5.82. The van der Waals surface area contributed by atoms with Crippen molar-refractivity contribution >= 4 is 23.9 Å². The molecule has 0 aliphatic carbocycles. The van der Waals surface area contributed by atoms with E-state index in [1.165, 1.54) is 0 Å². The molecule has 0 heterocycles. The average molecular weight is 308 g/mol. The summed E-state index contributed by atoms with van der Waals surface area (Å²) in [5.41, 5.74) is -1.06. The van der Waals surface area contributed by atoms with Crippen molar-refractivity contribution in [1.82, 2.24) is 0 Å². The third kappa shape index (κ3) is 4.44. The summed E-state index contributed by atoms with van der Waals surface area (Å²) in [6.07, 6.45) is 0.939. The van der Waals surface area contributed by atoms with Gasteiger partial charge in [0.1, 0.15) is 13.2 Å². The molecule has 0 saturated heterocycles. The Labute approximate surface area is 124 Å². The standard InChI is InChI=1S/C14H12O8/c1-2-11(15)21-5-6-22-14(20)9-4-3-8(12(16)17)7-10(9)13(18)19/h2-4,7H,1,5-6H2,(H,16,17)(H,18,19). The maximum atomic E-state index is 11.8. The molecule has 0 bridgehead atoms. The highest BCUT2D eigenvalue weighted by molar-refractivity contribution is 6.04. The highest BCUT2D eigenvalue weighted by Crippen LogP contribution is 2.14. The number of hydrogen-bond donors (Lipinski definition) is 2. The molecule has 116 valence electrons. The predicted octanol–water partition coefficient (Wildman–Crippen LogP) is 0.969. The molecule has 0 aromatic heterocycles. The van der Waals surface area contributed by atoms with Crippen molar-refractivity contribution in [3.8, 4) is 0 Å². The van der Waals surface area contributed by atoms with Gasteiger partial charge in [0, 0.05) is 6.08 Å². The molecule has 0 saturated carbocycles. The number of aromatic carboxylic acids is 2. The van der Waals surface area contributed by atoms with E-state index < -0.39 is 29.4 Å². The lowest BCUT2D eigenvalue weighted by atomic mass is 10.0. The zero-order chi connectivity index (χ0) is 16.7. The van der Waals surface area contributed by atoms with Crippen molar-refractivity contribution in [3.05, 3.63) is 47.5 Å². The first-order valence-electron chi connectivity index (χ1n) is 5.93. The van der Waals surface area contributed by atoms with Gasteiger partial charge in [-0.1, -0.05) is 6.58 Å². The monoisotopic (exact) mass is 308 g/mol. The van der Waals surface area contributed by atoms with Gasteiger partial charge in [-0.25, -0.2) is 19.2 Å². The minimum Gasteiger partial charge on any atom is -0.478 e. The van der Waals surface area contributed by atoms with Gasteiger partial charge in [-0.15, -0.1) is 0 Å². The third-order valence-electron chi connectivity index (χ3n) is 2.44. The van der Waals surface area contributed by atoms with Crippen LogP contribution in [0.25, 0.3) is 0 Å².